The van der Waals surface area contributed by atoms with E-state index in [-0.39, 0.29) is 5.82 Å². The average molecular weight is 215 g/mol. The third-order valence-electron chi connectivity index (χ3n) is 2.80. The normalized spacial score (nSPS) is 13.3. The fourth-order valence-corrected chi connectivity index (χ4v) is 1.96. The van der Waals surface area contributed by atoms with E-state index in [9.17, 15) is 4.39 Å². The lowest BCUT2D eigenvalue weighted by Crippen LogP contribution is -1.94. The van der Waals surface area contributed by atoms with Crippen molar-refractivity contribution in [2.45, 2.75) is 12.8 Å². The molecule has 0 spiro atoms. The number of aryl methyl sites for hydroxylation is 1. The maximum absolute atomic E-state index is 13.5. The van der Waals surface area contributed by atoms with Crippen molar-refractivity contribution in [2.75, 3.05) is 0 Å². The van der Waals surface area contributed by atoms with Crippen LogP contribution in [-0.4, -0.2) is 4.98 Å². The van der Waals surface area contributed by atoms with E-state index in [0.29, 0.717) is 17.7 Å². The van der Waals surface area contributed by atoms with Gasteiger partial charge in [0.2, 0.25) is 0 Å². The molecule has 3 rings (SSSR count). The van der Waals surface area contributed by atoms with Gasteiger partial charge in [-0.3, -0.25) is 4.98 Å². The summed E-state index contributed by atoms with van der Waals surface area (Å²) in [4.78, 5) is 3.81. The van der Waals surface area contributed by atoms with Gasteiger partial charge in [0.25, 0.3) is 0 Å². The smallest absolute Gasteiger partial charge is 0.151 e. The van der Waals surface area contributed by atoms with Crippen molar-refractivity contribution < 1.29 is 9.13 Å². The van der Waals surface area contributed by atoms with E-state index in [4.69, 9.17) is 4.74 Å². The first-order chi connectivity index (χ1) is 7.84. The Kier molecular flexibility index (Phi) is 2.10. The summed E-state index contributed by atoms with van der Waals surface area (Å²) in [5, 5.41) is 0. The monoisotopic (exact) mass is 215 g/mol. The molecule has 0 fully saturated rings. The van der Waals surface area contributed by atoms with Gasteiger partial charge in [-0.05, 0) is 24.5 Å². The molecule has 0 unspecified atom stereocenters. The van der Waals surface area contributed by atoms with Crippen LogP contribution in [0.15, 0.2) is 36.7 Å². The summed E-state index contributed by atoms with van der Waals surface area (Å²) in [5.41, 5.74) is 1.73. The summed E-state index contributed by atoms with van der Waals surface area (Å²) < 4.78 is 19.2. The van der Waals surface area contributed by atoms with Gasteiger partial charge in [0.05, 0.1) is 12.4 Å². The number of ether oxygens (including phenoxy) is 1. The molecule has 1 aliphatic rings. The summed E-state index contributed by atoms with van der Waals surface area (Å²) in [7, 11) is 0. The zero-order valence-corrected chi connectivity index (χ0v) is 8.61. The second-order valence-corrected chi connectivity index (χ2v) is 3.81. The third kappa shape index (κ3) is 1.45. The molecule has 0 saturated carbocycles. The van der Waals surface area contributed by atoms with Crippen molar-refractivity contribution in [1.82, 2.24) is 4.98 Å². The van der Waals surface area contributed by atoms with Crippen LogP contribution in [-0.2, 0) is 12.8 Å². The van der Waals surface area contributed by atoms with E-state index in [1.807, 2.05) is 24.3 Å². The quantitative estimate of drug-likeness (QED) is 0.673. The Morgan fingerprint density at radius 3 is 2.88 bits per heavy atom. The highest BCUT2D eigenvalue weighted by molar-refractivity contribution is 5.43. The Hall–Kier alpha value is -1.90. The fourth-order valence-electron chi connectivity index (χ4n) is 1.96. The van der Waals surface area contributed by atoms with Crippen LogP contribution in [0.1, 0.15) is 11.1 Å². The Balaban J connectivity index is 2.12. The molecule has 16 heavy (non-hydrogen) atoms. The maximum atomic E-state index is 13.5. The topological polar surface area (TPSA) is 22.1 Å². The van der Waals surface area contributed by atoms with Crippen molar-refractivity contribution in [3.63, 3.8) is 0 Å². The molecule has 0 amide bonds. The van der Waals surface area contributed by atoms with Crippen molar-refractivity contribution >= 4 is 0 Å². The van der Waals surface area contributed by atoms with Crippen molar-refractivity contribution in [2.24, 2.45) is 0 Å². The predicted molar refractivity (Wildman–Crippen MR) is 58.1 cm³/mol. The molecule has 0 N–H and O–H groups in total. The standard InChI is InChI=1S/C13H10FNO/c14-11-7-15-8-13-10(11)6-5-9-3-1-2-4-12(9)16-13/h1-4,7-8H,5-6H2. The van der Waals surface area contributed by atoms with Gasteiger partial charge in [-0.2, -0.15) is 0 Å². The van der Waals surface area contributed by atoms with Gasteiger partial charge in [0.15, 0.2) is 5.75 Å². The van der Waals surface area contributed by atoms with Gasteiger partial charge in [0, 0.05) is 5.56 Å². The number of para-hydroxylation sites is 1. The molecular formula is C13H10FNO. The molecule has 2 heterocycles. The van der Waals surface area contributed by atoms with Gasteiger partial charge >= 0.3 is 0 Å². The van der Waals surface area contributed by atoms with Crippen LogP contribution < -0.4 is 4.74 Å². The Morgan fingerprint density at radius 1 is 1.06 bits per heavy atom. The van der Waals surface area contributed by atoms with Crippen LogP contribution >= 0.6 is 0 Å². The number of fused-ring (bicyclic) bond motifs is 2. The van der Waals surface area contributed by atoms with Crippen molar-refractivity contribution in [3.8, 4) is 11.5 Å². The largest absolute Gasteiger partial charge is 0.455 e. The number of aromatic nitrogens is 1. The first-order valence-electron chi connectivity index (χ1n) is 5.23. The lowest BCUT2D eigenvalue weighted by atomic mass is 10.1. The Bertz CT molecular complexity index is 539. The molecule has 1 aromatic heterocycles. The number of rotatable bonds is 0. The van der Waals surface area contributed by atoms with Crippen LogP contribution in [0, 0.1) is 5.82 Å². The first kappa shape index (κ1) is 9.33. The van der Waals surface area contributed by atoms with E-state index in [1.165, 1.54) is 6.20 Å². The summed E-state index contributed by atoms with van der Waals surface area (Å²) in [6, 6.07) is 7.78. The number of hydrogen-bond acceptors (Lipinski definition) is 2. The highest BCUT2D eigenvalue weighted by Crippen LogP contribution is 2.33. The molecule has 2 aromatic rings. The fraction of sp³-hybridized carbons (Fsp3) is 0.154. The molecule has 80 valence electrons. The lowest BCUT2D eigenvalue weighted by Gasteiger charge is -2.07. The number of halogens is 1. The van der Waals surface area contributed by atoms with Gasteiger partial charge in [-0.15, -0.1) is 0 Å². The van der Waals surface area contributed by atoms with Crippen LogP contribution in [0.2, 0.25) is 0 Å². The molecule has 2 nitrogen and oxygen atoms in total. The number of benzene rings is 1. The Labute approximate surface area is 92.7 Å². The molecule has 0 bridgehead atoms. The molecule has 1 aromatic carbocycles. The van der Waals surface area contributed by atoms with Crippen molar-refractivity contribution in [1.29, 1.82) is 0 Å². The second kappa shape index (κ2) is 3.59. The first-order valence-corrected chi connectivity index (χ1v) is 5.23. The van der Waals surface area contributed by atoms with Gasteiger partial charge in [-0.25, -0.2) is 4.39 Å². The SMILES string of the molecule is Fc1cncc2c1CCc1ccccc1O2. The summed E-state index contributed by atoms with van der Waals surface area (Å²) in [6.45, 7) is 0. The van der Waals surface area contributed by atoms with Gasteiger partial charge in [-0.1, -0.05) is 18.2 Å². The van der Waals surface area contributed by atoms with Crippen molar-refractivity contribution in [3.05, 3.63) is 53.6 Å². The third-order valence-corrected chi connectivity index (χ3v) is 2.80. The molecule has 0 atom stereocenters. The van der Waals surface area contributed by atoms with E-state index in [2.05, 4.69) is 4.98 Å². The molecule has 0 radical (unpaired) electrons. The van der Waals surface area contributed by atoms with Crippen LogP contribution in [0.5, 0.6) is 11.5 Å². The zero-order valence-electron chi connectivity index (χ0n) is 8.61. The number of nitrogens with zero attached hydrogens (tertiary/aromatic N) is 1. The van der Waals surface area contributed by atoms with Crippen LogP contribution in [0.25, 0.3) is 0 Å². The summed E-state index contributed by atoms with van der Waals surface area (Å²) in [5.74, 6) is 1.05. The van der Waals surface area contributed by atoms with E-state index < -0.39 is 0 Å². The number of pyridine rings is 1. The predicted octanol–water partition coefficient (Wildman–Crippen LogP) is 3.11. The zero-order chi connectivity index (χ0) is 11.0. The molecule has 0 aliphatic carbocycles. The van der Waals surface area contributed by atoms with Crippen LogP contribution in [0.3, 0.4) is 0 Å². The van der Waals surface area contributed by atoms with Crippen LogP contribution in [0.4, 0.5) is 4.39 Å². The molecule has 0 saturated heterocycles. The summed E-state index contributed by atoms with van der Waals surface area (Å²) in [6.07, 6.45) is 4.25. The number of hydrogen-bond donors (Lipinski definition) is 0. The van der Waals surface area contributed by atoms with Gasteiger partial charge in [0.1, 0.15) is 11.6 Å². The van der Waals surface area contributed by atoms with E-state index in [1.54, 1.807) is 6.20 Å². The highest BCUT2D eigenvalue weighted by atomic mass is 19.1. The minimum Gasteiger partial charge on any atom is -0.455 e. The van der Waals surface area contributed by atoms with Gasteiger partial charge < -0.3 is 4.74 Å². The lowest BCUT2D eigenvalue weighted by molar-refractivity contribution is 0.468. The maximum Gasteiger partial charge on any atom is 0.151 e. The highest BCUT2D eigenvalue weighted by Gasteiger charge is 2.17. The minimum atomic E-state index is -0.287. The summed E-state index contributed by atoms with van der Waals surface area (Å²) >= 11 is 0. The van der Waals surface area contributed by atoms with E-state index >= 15 is 0 Å². The minimum absolute atomic E-state index is 0.287. The molecule has 3 heteroatoms. The van der Waals surface area contributed by atoms with E-state index in [0.717, 1.165) is 17.7 Å². The second-order valence-electron chi connectivity index (χ2n) is 3.81. The average Bonchev–Trinajstić information content (AvgIpc) is 2.48. The molecular weight excluding hydrogens is 205 g/mol. The Morgan fingerprint density at radius 2 is 1.94 bits per heavy atom. The molecule has 1 aliphatic heterocycles.